The molecular formula is C15H29N3O2. The van der Waals surface area contributed by atoms with Crippen LogP contribution in [0.15, 0.2) is 11.4 Å². The zero-order chi connectivity index (χ0) is 15.6. The van der Waals surface area contributed by atoms with Crippen LogP contribution in [0.1, 0.15) is 40.5 Å². The molecule has 0 aliphatic carbocycles. The molecule has 0 aromatic heterocycles. The van der Waals surface area contributed by atoms with Crippen LogP contribution in [0.4, 0.5) is 0 Å². The Hall–Kier alpha value is -1.36. The van der Waals surface area contributed by atoms with E-state index in [-0.39, 0.29) is 11.2 Å². The Balaban J connectivity index is 4.50. The summed E-state index contributed by atoms with van der Waals surface area (Å²) in [6.45, 7) is 10.0. The summed E-state index contributed by atoms with van der Waals surface area (Å²) >= 11 is 0. The van der Waals surface area contributed by atoms with Crippen molar-refractivity contribution in [1.29, 1.82) is 0 Å². The topological polar surface area (TPSA) is 70.2 Å². The SMILES string of the molecule is CNCCN/C(C(C)=O)=C(/C=O)NCCCC(C)(C)C. The fourth-order valence-corrected chi connectivity index (χ4v) is 1.75. The first-order valence-corrected chi connectivity index (χ1v) is 7.14. The van der Waals surface area contributed by atoms with Gasteiger partial charge >= 0.3 is 0 Å². The van der Waals surface area contributed by atoms with E-state index in [1.807, 2.05) is 7.05 Å². The van der Waals surface area contributed by atoms with Crippen LogP contribution in [0.25, 0.3) is 0 Å². The van der Waals surface area contributed by atoms with Crippen molar-refractivity contribution in [2.75, 3.05) is 26.7 Å². The van der Waals surface area contributed by atoms with Crippen LogP contribution < -0.4 is 16.0 Å². The molecule has 5 heteroatoms. The van der Waals surface area contributed by atoms with E-state index < -0.39 is 0 Å². The second-order valence-corrected chi connectivity index (χ2v) is 6.08. The van der Waals surface area contributed by atoms with Crippen LogP contribution in [0.5, 0.6) is 0 Å². The van der Waals surface area contributed by atoms with E-state index in [2.05, 4.69) is 36.7 Å². The molecule has 0 amide bonds. The second-order valence-electron chi connectivity index (χ2n) is 6.08. The average Bonchev–Trinajstić information content (AvgIpc) is 2.34. The van der Waals surface area contributed by atoms with E-state index in [4.69, 9.17) is 0 Å². The molecule has 0 saturated carbocycles. The molecule has 0 aliphatic rings. The number of carbonyl (C=O) groups is 2. The summed E-state index contributed by atoms with van der Waals surface area (Å²) in [5.74, 6) is -0.133. The van der Waals surface area contributed by atoms with Gasteiger partial charge in [0.2, 0.25) is 0 Å². The maximum absolute atomic E-state index is 11.6. The Morgan fingerprint density at radius 2 is 1.75 bits per heavy atom. The third kappa shape index (κ3) is 8.69. The zero-order valence-electron chi connectivity index (χ0n) is 13.4. The van der Waals surface area contributed by atoms with Gasteiger partial charge in [0.05, 0.1) is 0 Å². The van der Waals surface area contributed by atoms with Gasteiger partial charge in [0, 0.05) is 26.6 Å². The van der Waals surface area contributed by atoms with Crippen LogP contribution in [-0.2, 0) is 9.59 Å². The van der Waals surface area contributed by atoms with Crippen molar-refractivity contribution in [3.05, 3.63) is 11.4 Å². The first-order valence-electron chi connectivity index (χ1n) is 7.14. The van der Waals surface area contributed by atoms with Crippen molar-refractivity contribution in [3.8, 4) is 0 Å². The Bertz CT molecular complexity index is 344. The highest BCUT2D eigenvalue weighted by Crippen LogP contribution is 2.19. The van der Waals surface area contributed by atoms with E-state index in [1.165, 1.54) is 6.92 Å². The Morgan fingerprint density at radius 3 is 2.20 bits per heavy atom. The van der Waals surface area contributed by atoms with Gasteiger partial charge in [0.15, 0.2) is 12.1 Å². The quantitative estimate of drug-likeness (QED) is 0.319. The predicted octanol–water partition coefficient (Wildman–Crippen LogP) is 1.21. The normalized spacial score (nSPS) is 12.7. The summed E-state index contributed by atoms with van der Waals surface area (Å²) in [4.78, 5) is 22.7. The lowest BCUT2D eigenvalue weighted by Gasteiger charge is -2.18. The summed E-state index contributed by atoms with van der Waals surface area (Å²) in [7, 11) is 1.84. The molecule has 0 rings (SSSR count). The van der Waals surface area contributed by atoms with Crippen molar-refractivity contribution in [2.24, 2.45) is 5.41 Å². The second kappa shape index (κ2) is 9.53. The minimum absolute atomic E-state index is 0.133. The van der Waals surface area contributed by atoms with E-state index in [1.54, 1.807) is 0 Å². The smallest absolute Gasteiger partial charge is 0.177 e. The molecule has 0 aromatic rings. The molecule has 116 valence electrons. The maximum Gasteiger partial charge on any atom is 0.177 e. The lowest BCUT2D eigenvalue weighted by atomic mass is 9.91. The third-order valence-electron chi connectivity index (χ3n) is 2.84. The third-order valence-corrected chi connectivity index (χ3v) is 2.84. The van der Waals surface area contributed by atoms with Crippen molar-refractivity contribution in [3.63, 3.8) is 0 Å². The first-order chi connectivity index (χ1) is 9.31. The van der Waals surface area contributed by atoms with Crippen LogP contribution in [0, 0.1) is 5.41 Å². The number of rotatable bonds is 10. The van der Waals surface area contributed by atoms with Gasteiger partial charge in [-0.15, -0.1) is 0 Å². The first kappa shape index (κ1) is 18.6. The number of nitrogens with one attached hydrogen (secondary N) is 3. The number of allylic oxidation sites excluding steroid dienone is 2. The summed E-state index contributed by atoms with van der Waals surface area (Å²) in [6, 6.07) is 0. The average molecular weight is 283 g/mol. The van der Waals surface area contributed by atoms with Crippen molar-refractivity contribution in [1.82, 2.24) is 16.0 Å². The summed E-state index contributed by atoms with van der Waals surface area (Å²) in [5.41, 5.74) is 0.995. The molecular weight excluding hydrogens is 254 g/mol. The Kier molecular flexibility index (Phi) is 8.88. The fourth-order valence-electron chi connectivity index (χ4n) is 1.75. The summed E-state index contributed by atoms with van der Waals surface area (Å²) in [5, 5.41) is 9.04. The molecule has 5 nitrogen and oxygen atoms in total. The largest absolute Gasteiger partial charge is 0.381 e. The van der Waals surface area contributed by atoms with Gasteiger partial charge in [-0.2, -0.15) is 0 Å². The van der Waals surface area contributed by atoms with Gasteiger partial charge in [0.25, 0.3) is 0 Å². The molecule has 0 unspecified atom stereocenters. The van der Waals surface area contributed by atoms with Gasteiger partial charge in [-0.3, -0.25) is 9.59 Å². The number of aldehydes is 1. The van der Waals surface area contributed by atoms with Crippen LogP contribution in [-0.4, -0.2) is 38.8 Å². The molecule has 0 spiro atoms. The van der Waals surface area contributed by atoms with Crippen LogP contribution in [0.3, 0.4) is 0 Å². The van der Waals surface area contributed by atoms with Crippen LogP contribution in [0.2, 0.25) is 0 Å². The van der Waals surface area contributed by atoms with E-state index in [0.29, 0.717) is 30.8 Å². The standard InChI is InChI=1S/C15H29N3O2/c1-12(20)14(18-10-9-16-5)13(11-19)17-8-6-7-15(2,3)4/h11,16-18H,6-10H2,1-5H3/b14-13-. The van der Waals surface area contributed by atoms with Crippen molar-refractivity contribution < 1.29 is 9.59 Å². The summed E-state index contributed by atoms with van der Waals surface area (Å²) in [6.07, 6.45) is 2.73. The molecule has 20 heavy (non-hydrogen) atoms. The molecule has 0 radical (unpaired) electrons. The molecule has 0 aromatic carbocycles. The number of Topliss-reactive ketones (excluding diaryl/α,β-unsaturated/α-hetero) is 1. The number of carbonyl (C=O) groups excluding carboxylic acids is 2. The molecule has 0 aliphatic heterocycles. The Labute approximate surface area is 122 Å². The number of ketones is 1. The van der Waals surface area contributed by atoms with E-state index >= 15 is 0 Å². The van der Waals surface area contributed by atoms with Gasteiger partial charge in [0.1, 0.15) is 11.4 Å². The van der Waals surface area contributed by atoms with Crippen molar-refractivity contribution >= 4 is 12.1 Å². The predicted molar refractivity (Wildman–Crippen MR) is 82.4 cm³/mol. The van der Waals surface area contributed by atoms with Crippen LogP contribution >= 0.6 is 0 Å². The van der Waals surface area contributed by atoms with Gasteiger partial charge < -0.3 is 16.0 Å². The highest BCUT2D eigenvalue weighted by Gasteiger charge is 2.12. The highest BCUT2D eigenvalue weighted by molar-refractivity contribution is 5.98. The number of hydrogen-bond acceptors (Lipinski definition) is 5. The molecule has 0 fully saturated rings. The molecule has 3 N–H and O–H groups in total. The van der Waals surface area contributed by atoms with E-state index in [0.717, 1.165) is 19.4 Å². The lowest BCUT2D eigenvalue weighted by Crippen LogP contribution is -2.32. The van der Waals surface area contributed by atoms with Gasteiger partial charge in [-0.1, -0.05) is 20.8 Å². The Morgan fingerprint density at radius 1 is 1.10 bits per heavy atom. The fraction of sp³-hybridized carbons (Fsp3) is 0.733. The van der Waals surface area contributed by atoms with Gasteiger partial charge in [-0.05, 0) is 25.3 Å². The van der Waals surface area contributed by atoms with Crippen molar-refractivity contribution in [2.45, 2.75) is 40.5 Å². The molecule has 0 saturated heterocycles. The zero-order valence-corrected chi connectivity index (χ0v) is 13.4. The minimum Gasteiger partial charge on any atom is -0.381 e. The monoisotopic (exact) mass is 283 g/mol. The highest BCUT2D eigenvalue weighted by atomic mass is 16.1. The van der Waals surface area contributed by atoms with Gasteiger partial charge in [-0.25, -0.2) is 0 Å². The molecule has 0 bridgehead atoms. The lowest BCUT2D eigenvalue weighted by molar-refractivity contribution is -0.114. The summed E-state index contributed by atoms with van der Waals surface area (Å²) < 4.78 is 0. The number of hydrogen-bond donors (Lipinski definition) is 3. The maximum atomic E-state index is 11.6. The molecule has 0 atom stereocenters. The van der Waals surface area contributed by atoms with E-state index in [9.17, 15) is 9.59 Å². The molecule has 0 heterocycles. The number of likely N-dealkylation sites (N-methyl/N-ethyl adjacent to an activating group) is 1. The minimum atomic E-state index is -0.133.